The first-order valence-electron chi connectivity index (χ1n) is 5.92. The predicted octanol–water partition coefficient (Wildman–Crippen LogP) is 2.86. The van der Waals surface area contributed by atoms with E-state index in [2.05, 4.69) is 16.6 Å². The minimum Gasteiger partial charge on any atom is -0.463 e. The summed E-state index contributed by atoms with van der Waals surface area (Å²) in [6.45, 7) is 3.00. The highest BCUT2D eigenvalue weighted by atomic mass is 19.1. The van der Waals surface area contributed by atoms with Gasteiger partial charge in [0.25, 0.3) is 5.67 Å². The van der Waals surface area contributed by atoms with Gasteiger partial charge >= 0.3 is 5.97 Å². The second-order valence-electron chi connectivity index (χ2n) is 4.38. The van der Waals surface area contributed by atoms with E-state index in [1.807, 2.05) is 0 Å². The number of ether oxygens (including phenoxy) is 1. The fraction of sp³-hybridized carbons (Fsp3) is 0.769. The lowest BCUT2D eigenvalue weighted by molar-refractivity contribution is -0.152. The number of carbonyl (C=O) groups is 1. The van der Waals surface area contributed by atoms with Gasteiger partial charge in [0.2, 0.25) is 0 Å². The number of halogens is 1. The van der Waals surface area contributed by atoms with Crippen LogP contribution < -0.4 is 0 Å². The zero-order valence-electron chi connectivity index (χ0n) is 10.0. The van der Waals surface area contributed by atoms with Crippen LogP contribution in [-0.2, 0) is 9.53 Å². The van der Waals surface area contributed by atoms with Gasteiger partial charge in [0.15, 0.2) is 0 Å². The summed E-state index contributed by atoms with van der Waals surface area (Å²) >= 11 is 0. The van der Waals surface area contributed by atoms with Crippen LogP contribution in [-0.4, -0.2) is 18.2 Å². The van der Waals surface area contributed by atoms with Crippen LogP contribution in [0, 0.1) is 17.8 Å². The van der Waals surface area contributed by atoms with E-state index in [1.54, 1.807) is 6.92 Å². The highest BCUT2D eigenvalue weighted by Crippen LogP contribution is 2.27. The normalized spacial score (nSPS) is 19.7. The molecule has 1 unspecified atom stereocenters. The Hall–Kier alpha value is -1.04. The van der Waals surface area contributed by atoms with E-state index >= 15 is 0 Å². The maximum atomic E-state index is 13.7. The number of hydrogen-bond donors (Lipinski definition) is 0. The lowest BCUT2D eigenvalue weighted by Gasteiger charge is -2.11. The Labute approximate surface area is 96.6 Å². The monoisotopic (exact) mass is 226 g/mol. The minimum atomic E-state index is -2.16. The first-order valence-corrected chi connectivity index (χ1v) is 5.92. The molecule has 0 amide bonds. The summed E-state index contributed by atoms with van der Waals surface area (Å²) in [6, 6.07) is 0. The summed E-state index contributed by atoms with van der Waals surface area (Å²) in [5, 5.41) is 0. The van der Waals surface area contributed by atoms with Crippen molar-refractivity contribution in [2.75, 3.05) is 6.61 Å². The molecule has 90 valence electrons. The largest absolute Gasteiger partial charge is 0.463 e. The number of rotatable bonds is 3. The Balaban J connectivity index is 2.44. The van der Waals surface area contributed by atoms with Crippen molar-refractivity contribution in [3.8, 4) is 11.8 Å². The summed E-state index contributed by atoms with van der Waals surface area (Å²) in [5.74, 6) is 4.87. The average Bonchev–Trinajstić information content (AvgIpc) is 2.70. The van der Waals surface area contributed by atoms with Crippen LogP contribution in [0.3, 0.4) is 0 Å². The van der Waals surface area contributed by atoms with E-state index in [9.17, 15) is 9.18 Å². The molecular weight excluding hydrogens is 207 g/mol. The molecule has 1 fully saturated rings. The molecule has 0 aromatic rings. The van der Waals surface area contributed by atoms with Gasteiger partial charge in [0, 0.05) is 6.42 Å². The molecule has 16 heavy (non-hydrogen) atoms. The number of carbonyl (C=O) groups excluding carboxylic acids is 1. The van der Waals surface area contributed by atoms with E-state index in [-0.39, 0.29) is 6.61 Å². The topological polar surface area (TPSA) is 26.3 Å². The number of hydrogen-bond acceptors (Lipinski definition) is 2. The van der Waals surface area contributed by atoms with Gasteiger partial charge in [-0.05, 0) is 32.6 Å². The Kier molecular flexibility index (Phi) is 4.79. The smallest absolute Gasteiger partial charge is 0.356 e. The second kappa shape index (κ2) is 5.89. The highest BCUT2D eigenvalue weighted by Gasteiger charge is 2.32. The van der Waals surface area contributed by atoms with Crippen LogP contribution in [0.2, 0.25) is 0 Å². The quantitative estimate of drug-likeness (QED) is 0.546. The molecule has 1 aliphatic carbocycles. The Morgan fingerprint density at radius 2 is 2.12 bits per heavy atom. The summed E-state index contributed by atoms with van der Waals surface area (Å²) in [6.07, 6.45) is 5.54. The summed E-state index contributed by atoms with van der Waals surface area (Å²) in [7, 11) is 0. The molecule has 1 saturated carbocycles. The number of alkyl halides is 1. The molecule has 1 aliphatic rings. The Morgan fingerprint density at radius 3 is 2.69 bits per heavy atom. The van der Waals surface area contributed by atoms with Gasteiger partial charge in [0.05, 0.1) is 6.61 Å². The maximum Gasteiger partial charge on any atom is 0.356 e. The van der Waals surface area contributed by atoms with Crippen molar-refractivity contribution in [2.24, 2.45) is 5.92 Å². The van der Waals surface area contributed by atoms with Crippen molar-refractivity contribution in [1.82, 2.24) is 0 Å². The van der Waals surface area contributed by atoms with Crippen LogP contribution in [0.15, 0.2) is 0 Å². The molecule has 0 radical (unpaired) electrons. The molecule has 2 nitrogen and oxygen atoms in total. The van der Waals surface area contributed by atoms with E-state index < -0.39 is 11.6 Å². The molecule has 1 rings (SSSR count). The molecule has 0 spiro atoms. The lowest BCUT2D eigenvalue weighted by Crippen LogP contribution is -2.30. The van der Waals surface area contributed by atoms with Gasteiger partial charge < -0.3 is 4.74 Å². The third-order valence-electron chi connectivity index (χ3n) is 2.85. The minimum absolute atomic E-state index is 0.183. The Bertz CT molecular complexity index is 293. The fourth-order valence-electron chi connectivity index (χ4n) is 1.89. The molecule has 0 aromatic carbocycles. The lowest BCUT2D eigenvalue weighted by atomic mass is 10.0. The van der Waals surface area contributed by atoms with Gasteiger partial charge in [-0.2, -0.15) is 0 Å². The third-order valence-corrected chi connectivity index (χ3v) is 2.85. The summed E-state index contributed by atoms with van der Waals surface area (Å²) in [4.78, 5) is 11.2. The van der Waals surface area contributed by atoms with Crippen LogP contribution >= 0.6 is 0 Å². The van der Waals surface area contributed by atoms with Gasteiger partial charge in [-0.3, -0.25) is 0 Å². The molecule has 0 bridgehead atoms. The second-order valence-corrected chi connectivity index (χ2v) is 4.38. The van der Waals surface area contributed by atoms with Gasteiger partial charge in [-0.15, -0.1) is 0 Å². The van der Waals surface area contributed by atoms with Crippen molar-refractivity contribution in [3.05, 3.63) is 0 Å². The molecule has 1 atom stereocenters. The highest BCUT2D eigenvalue weighted by molar-refractivity contribution is 5.82. The maximum absolute atomic E-state index is 13.7. The van der Waals surface area contributed by atoms with Crippen molar-refractivity contribution in [1.29, 1.82) is 0 Å². The fourth-order valence-corrected chi connectivity index (χ4v) is 1.89. The molecule has 0 heterocycles. The third kappa shape index (κ3) is 3.84. The first-order chi connectivity index (χ1) is 7.56. The summed E-state index contributed by atoms with van der Waals surface area (Å²) in [5.41, 5.74) is -2.16. The van der Waals surface area contributed by atoms with E-state index in [0.29, 0.717) is 12.3 Å². The molecule has 0 aromatic heterocycles. The zero-order chi connectivity index (χ0) is 12.0. The molecule has 0 N–H and O–H groups in total. The Morgan fingerprint density at radius 1 is 1.50 bits per heavy atom. The molecular formula is C13H19FO2. The van der Waals surface area contributed by atoms with Crippen molar-refractivity contribution >= 4 is 5.97 Å². The van der Waals surface area contributed by atoms with Crippen molar-refractivity contribution in [3.63, 3.8) is 0 Å². The van der Waals surface area contributed by atoms with Crippen LogP contribution in [0.5, 0.6) is 0 Å². The van der Waals surface area contributed by atoms with Crippen molar-refractivity contribution < 1.29 is 13.9 Å². The SMILES string of the molecule is CCOC(=O)C(C)(F)C#CCC1CCCC1. The van der Waals surface area contributed by atoms with E-state index in [4.69, 9.17) is 0 Å². The first kappa shape index (κ1) is 13.0. The van der Waals surface area contributed by atoms with E-state index in [0.717, 1.165) is 6.92 Å². The van der Waals surface area contributed by atoms with Gasteiger partial charge in [-0.1, -0.05) is 24.7 Å². The average molecular weight is 226 g/mol. The van der Waals surface area contributed by atoms with Crippen molar-refractivity contribution in [2.45, 2.75) is 51.6 Å². The molecule has 0 saturated heterocycles. The summed E-state index contributed by atoms with van der Waals surface area (Å²) < 4.78 is 18.3. The van der Waals surface area contributed by atoms with Crippen LogP contribution in [0.25, 0.3) is 0 Å². The molecule has 3 heteroatoms. The van der Waals surface area contributed by atoms with E-state index in [1.165, 1.54) is 25.7 Å². The standard InChI is InChI=1S/C13H19FO2/c1-3-16-12(15)13(2,14)10-6-9-11-7-4-5-8-11/h11H,3-5,7-9H2,1-2H3. The van der Waals surface area contributed by atoms with Gasteiger partial charge in [-0.25, -0.2) is 9.18 Å². The molecule has 0 aliphatic heterocycles. The van der Waals surface area contributed by atoms with Crippen LogP contribution in [0.1, 0.15) is 46.0 Å². The zero-order valence-corrected chi connectivity index (χ0v) is 10.0. The number of esters is 1. The predicted molar refractivity (Wildman–Crippen MR) is 60.5 cm³/mol. The van der Waals surface area contributed by atoms with Crippen LogP contribution in [0.4, 0.5) is 4.39 Å². The van der Waals surface area contributed by atoms with Gasteiger partial charge in [0.1, 0.15) is 0 Å².